The normalized spacial score (nSPS) is 10.8. The van der Waals surface area contributed by atoms with E-state index in [4.69, 9.17) is 4.74 Å². The average molecular weight is 396 g/mol. The number of nitrogens with zero attached hydrogens (tertiary/aromatic N) is 2. The van der Waals surface area contributed by atoms with Gasteiger partial charge in [0.25, 0.3) is 0 Å². The van der Waals surface area contributed by atoms with Crippen molar-refractivity contribution >= 4 is 23.1 Å². The number of carbonyl (C=O) groups excluding carboxylic acids is 1. The minimum Gasteiger partial charge on any atom is -0.488 e. The van der Waals surface area contributed by atoms with Gasteiger partial charge in [0.2, 0.25) is 0 Å². The van der Waals surface area contributed by atoms with Crippen molar-refractivity contribution in [1.29, 1.82) is 0 Å². The van der Waals surface area contributed by atoms with Crippen LogP contribution in [0.1, 0.15) is 24.4 Å². The lowest BCUT2D eigenvalue weighted by Crippen LogP contribution is -2.40. The van der Waals surface area contributed by atoms with Crippen LogP contribution in [0.4, 0.5) is 10.5 Å². The first-order valence-electron chi connectivity index (χ1n) is 9.23. The summed E-state index contributed by atoms with van der Waals surface area (Å²) in [5.41, 5.74) is 2.92. The fourth-order valence-corrected chi connectivity index (χ4v) is 3.62. The van der Waals surface area contributed by atoms with Crippen LogP contribution in [0.5, 0.6) is 5.75 Å². The molecule has 0 aliphatic carbocycles. The lowest BCUT2D eigenvalue weighted by atomic mass is 10.2. The quantitative estimate of drug-likeness (QED) is 0.620. The van der Waals surface area contributed by atoms with E-state index < -0.39 is 0 Å². The van der Waals surface area contributed by atoms with Gasteiger partial charge in [-0.15, -0.1) is 11.3 Å². The van der Waals surface area contributed by atoms with Crippen molar-refractivity contribution in [1.82, 2.24) is 10.3 Å². The molecule has 146 valence electrons. The number of ether oxygens (including phenoxy) is 1. The zero-order chi connectivity index (χ0) is 20.1. The van der Waals surface area contributed by atoms with E-state index in [0.29, 0.717) is 6.61 Å². The van der Waals surface area contributed by atoms with Gasteiger partial charge in [0.1, 0.15) is 17.4 Å². The number of hydrogen-bond acceptors (Lipinski definition) is 4. The highest BCUT2D eigenvalue weighted by Crippen LogP contribution is 2.29. The zero-order valence-electron chi connectivity index (χ0n) is 16.6. The van der Waals surface area contributed by atoms with Crippen LogP contribution < -0.4 is 15.0 Å². The monoisotopic (exact) mass is 395 g/mol. The lowest BCUT2D eigenvalue weighted by molar-refractivity contribution is 0.245. The molecule has 0 saturated carbocycles. The van der Waals surface area contributed by atoms with Gasteiger partial charge in [-0.2, -0.15) is 0 Å². The number of benzene rings is 2. The Morgan fingerprint density at radius 1 is 1.14 bits per heavy atom. The third-order valence-electron chi connectivity index (χ3n) is 4.22. The summed E-state index contributed by atoms with van der Waals surface area (Å²) < 4.78 is 5.93. The molecule has 1 aromatic heterocycles. The molecule has 2 aromatic carbocycles. The van der Waals surface area contributed by atoms with Crippen LogP contribution in [0.2, 0.25) is 0 Å². The van der Waals surface area contributed by atoms with Crippen molar-refractivity contribution in [3.8, 4) is 16.3 Å². The van der Waals surface area contributed by atoms with E-state index in [1.54, 1.807) is 23.3 Å². The number of carbonyl (C=O) groups is 1. The fraction of sp³-hybridized carbons (Fsp3) is 0.273. The third-order valence-corrected chi connectivity index (χ3v) is 5.40. The molecule has 3 rings (SSSR count). The summed E-state index contributed by atoms with van der Waals surface area (Å²) in [4.78, 5) is 19.4. The Morgan fingerprint density at radius 3 is 2.46 bits per heavy atom. The van der Waals surface area contributed by atoms with Gasteiger partial charge in [0.15, 0.2) is 0 Å². The minimum atomic E-state index is -0.127. The Labute approximate surface area is 170 Å². The van der Waals surface area contributed by atoms with Gasteiger partial charge in [-0.1, -0.05) is 30.3 Å². The number of hydrogen-bond donors (Lipinski definition) is 1. The summed E-state index contributed by atoms with van der Waals surface area (Å²) in [6.07, 6.45) is 0. The van der Waals surface area contributed by atoms with Crippen LogP contribution in [-0.2, 0) is 6.61 Å². The highest BCUT2D eigenvalue weighted by Gasteiger charge is 2.12. The molecule has 0 saturated heterocycles. The molecule has 0 spiro atoms. The molecule has 6 heteroatoms. The van der Waals surface area contributed by atoms with Crippen LogP contribution in [0.25, 0.3) is 10.6 Å². The standard InChI is InChI=1S/C22H25N3O2S/c1-15(2)23-22(26)25(4)18-10-12-19(13-11-18)27-14-20-16(3)24-21(28-20)17-8-6-5-7-9-17/h5-13,15H,14H2,1-4H3,(H,23,26). The Bertz CT molecular complexity index is 921. The minimum absolute atomic E-state index is 0.0981. The average Bonchev–Trinajstić information content (AvgIpc) is 3.07. The van der Waals surface area contributed by atoms with Crippen molar-refractivity contribution < 1.29 is 9.53 Å². The Balaban J connectivity index is 1.63. The summed E-state index contributed by atoms with van der Waals surface area (Å²) in [6.45, 7) is 6.35. The number of urea groups is 1. The largest absolute Gasteiger partial charge is 0.488 e. The first-order valence-corrected chi connectivity index (χ1v) is 10.0. The van der Waals surface area contributed by atoms with Gasteiger partial charge >= 0.3 is 6.03 Å². The number of anilines is 1. The van der Waals surface area contributed by atoms with Crippen LogP contribution >= 0.6 is 11.3 Å². The van der Waals surface area contributed by atoms with Crippen molar-refractivity contribution in [3.05, 3.63) is 65.2 Å². The van der Waals surface area contributed by atoms with E-state index in [0.717, 1.165) is 32.6 Å². The Morgan fingerprint density at radius 2 is 1.82 bits per heavy atom. The van der Waals surface area contributed by atoms with Gasteiger partial charge in [-0.05, 0) is 45.0 Å². The molecule has 0 atom stereocenters. The molecule has 1 N–H and O–H groups in total. The van der Waals surface area contributed by atoms with Gasteiger partial charge in [-0.3, -0.25) is 4.90 Å². The Hall–Kier alpha value is -2.86. The molecular weight excluding hydrogens is 370 g/mol. The summed E-state index contributed by atoms with van der Waals surface area (Å²) in [6, 6.07) is 17.6. The molecule has 28 heavy (non-hydrogen) atoms. The molecule has 3 aromatic rings. The van der Waals surface area contributed by atoms with Gasteiger partial charge < -0.3 is 10.1 Å². The van der Waals surface area contributed by atoms with E-state index in [2.05, 4.69) is 22.4 Å². The van der Waals surface area contributed by atoms with Crippen molar-refractivity contribution in [2.45, 2.75) is 33.4 Å². The molecule has 0 aliphatic heterocycles. The van der Waals surface area contributed by atoms with E-state index in [1.807, 2.05) is 63.2 Å². The topological polar surface area (TPSA) is 54.5 Å². The summed E-state index contributed by atoms with van der Waals surface area (Å²) in [5.74, 6) is 0.760. The van der Waals surface area contributed by atoms with Crippen molar-refractivity contribution in [2.75, 3.05) is 11.9 Å². The molecule has 0 unspecified atom stereocenters. The fourth-order valence-electron chi connectivity index (χ4n) is 2.64. The van der Waals surface area contributed by atoms with E-state index in [-0.39, 0.29) is 12.1 Å². The lowest BCUT2D eigenvalue weighted by Gasteiger charge is -2.20. The van der Waals surface area contributed by atoms with Crippen LogP contribution in [0.15, 0.2) is 54.6 Å². The highest BCUT2D eigenvalue weighted by molar-refractivity contribution is 7.15. The third kappa shape index (κ3) is 4.89. The van der Waals surface area contributed by atoms with Gasteiger partial charge in [0, 0.05) is 24.3 Å². The van der Waals surface area contributed by atoms with E-state index in [9.17, 15) is 4.79 Å². The first kappa shape index (κ1) is 19.9. The van der Waals surface area contributed by atoms with Gasteiger partial charge in [0.05, 0.1) is 10.6 Å². The number of thiazole rings is 1. The first-order chi connectivity index (χ1) is 13.4. The van der Waals surface area contributed by atoms with Gasteiger partial charge in [-0.25, -0.2) is 9.78 Å². The predicted molar refractivity (Wildman–Crippen MR) is 115 cm³/mol. The maximum Gasteiger partial charge on any atom is 0.321 e. The molecule has 5 nitrogen and oxygen atoms in total. The second-order valence-electron chi connectivity index (χ2n) is 6.84. The molecular formula is C22H25N3O2S. The molecule has 0 aliphatic rings. The molecule has 0 radical (unpaired) electrons. The number of rotatable bonds is 6. The summed E-state index contributed by atoms with van der Waals surface area (Å²) in [5, 5.41) is 3.88. The maximum absolute atomic E-state index is 12.1. The molecule has 0 bridgehead atoms. The van der Waals surface area contributed by atoms with Crippen molar-refractivity contribution in [2.24, 2.45) is 0 Å². The molecule has 2 amide bonds. The van der Waals surface area contributed by atoms with Crippen LogP contribution in [0.3, 0.4) is 0 Å². The second kappa shape index (κ2) is 8.89. The number of amides is 2. The second-order valence-corrected chi connectivity index (χ2v) is 7.92. The van der Waals surface area contributed by atoms with Crippen LogP contribution in [0, 0.1) is 6.92 Å². The predicted octanol–water partition coefficient (Wildman–Crippen LogP) is 5.25. The smallest absolute Gasteiger partial charge is 0.321 e. The SMILES string of the molecule is Cc1nc(-c2ccccc2)sc1COc1ccc(N(C)C(=O)NC(C)C)cc1. The van der Waals surface area contributed by atoms with Crippen molar-refractivity contribution in [3.63, 3.8) is 0 Å². The number of nitrogens with one attached hydrogen (secondary N) is 1. The van der Waals surface area contributed by atoms with E-state index >= 15 is 0 Å². The van der Waals surface area contributed by atoms with E-state index in [1.165, 1.54) is 0 Å². The Kier molecular flexibility index (Phi) is 6.31. The number of aryl methyl sites for hydroxylation is 1. The van der Waals surface area contributed by atoms with Crippen LogP contribution in [-0.4, -0.2) is 24.1 Å². The number of aromatic nitrogens is 1. The summed E-state index contributed by atoms with van der Waals surface area (Å²) in [7, 11) is 1.75. The molecule has 1 heterocycles. The maximum atomic E-state index is 12.1. The zero-order valence-corrected chi connectivity index (χ0v) is 17.4. The highest BCUT2D eigenvalue weighted by atomic mass is 32.1. The molecule has 0 fully saturated rings. The summed E-state index contributed by atoms with van der Waals surface area (Å²) >= 11 is 1.65.